The third kappa shape index (κ3) is 6.01. The zero-order chi connectivity index (χ0) is 16.3. The molecule has 3 atom stereocenters. The van der Waals surface area contributed by atoms with Gasteiger partial charge in [0.05, 0.1) is 12.6 Å². The largest absolute Gasteiger partial charge is 0.415 e. The van der Waals surface area contributed by atoms with Crippen LogP contribution in [0, 0.1) is 23.2 Å². The van der Waals surface area contributed by atoms with Crippen molar-refractivity contribution in [2.45, 2.75) is 64.2 Å². The highest BCUT2D eigenvalue weighted by Crippen LogP contribution is 2.42. The Morgan fingerprint density at radius 2 is 2.00 bits per heavy atom. The summed E-state index contributed by atoms with van der Waals surface area (Å²) in [5, 5.41) is 11.9. The molecule has 21 heavy (non-hydrogen) atoms. The standard InChI is InChI=1S/C15H28F2N2OSi/c1-15(2,3)21(4,5)20-10-13(19-9-14(16)17)7-11-6-12(11)8-18/h11-14,19H,6-7,9-10H2,1-5H3. The zero-order valence-electron chi connectivity index (χ0n) is 13.7. The van der Waals surface area contributed by atoms with Crippen LogP contribution in [-0.2, 0) is 4.43 Å². The fraction of sp³-hybridized carbons (Fsp3) is 0.933. The van der Waals surface area contributed by atoms with Crippen LogP contribution in [0.4, 0.5) is 8.78 Å². The van der Waals surface area contributed by atoms with E-state index in [0.29, 0.717) is 12.5 Å². The number of halogens is 2. The Kier molecular flexibility index (Phi) is 6.32. The maximum atomic E-state index is 12.4. The summed E-state index contributed by atoms with van der Waals surface area (Å²) in [6, 6.07) is 2.16. The van der Waals surface area contributed by atoms with E-state index in [2.05, 4.69) is 45.3 Å². The van der Waals surface area contributed by atoms with Crippen LogP contribution in [-0.4, -0.2) is 33.9 Å². The van der Waals surface area contributed by atoms with E-state index in [1.165, 1.54) is 0 Å². The topological polar surface area (TPSA) is 45.0 Å². The Morgan fingerprint density at radius 3 is 2.43 bits per heavy atom. The number of nitriles is 1. The van der Waals surface area contributed by atoms with Crippen molar-refractivity contribution in [3.63, 3.8) is 0 Å². The maximum absolute atomic E-state index is 12.4. The molecule has 1 aliphatic carbocycles. The van der Waals surface area contributed by atoms with Crippen molar-refractivity contribution >= 4 is 8.32 Å². The van der Waals surface area contributed by atoms with Crippen molar-refractivity contribution in [3.05, 3.63) is 0 Å². The van der Waals surface area contributed by atoms with Crippen molar-refractivity contribution in [2.75, 3.05) is 13.2 Å². The minimum atomic E-state index is -2.36. The van der Waals surface area contributed by atoms with Crippen molar-refractivity contribution in [1.29, 1.82) is 5.26 Å². The number of nitrogens with one attached hydrogen (secondary N) is 1. The molecule has 3 nitrogen and oxygen atoms in total. The van der Waals surface area contributed by atoms with Gasteiger partial charge in [0, 0.05) is 18.6 Å². The van der Waals surface area contributed by atoms with Crippen LogP contribution in [0.3, 0.4) is 0 Å². The van der Waals surface area contributed by atoms with E-state index in [1.54, 1.807) is 0 Å². The van der Waals surface area contributed by atoms with Crippen molar-refractivity contribution in [2.24, 2.45) is 11.8 Å². The molecule has 3 unspecified atom stereocenters. The molecule has 0 aliphatic heterocycles. The van der Waals surface area contributed by atoms with Gasteiger partial charge in [0.1, 0.15) is 0 Å². The maximum Gasteiger partial charge on any atom is 0.250 e. The van der Waals surface area contributed by atoms with E-state index in [-0.39, 0.29) is 23.5 Å². The molecular weight excluding hydrogens is 290 g/mol. The fourth-order valence-electron chi connectivity index (χ4n) is 2.02. The molecule has 0 aromatic heterocycles. The highest BCUT2D eigenvalue weighted by molar-refractivity contribution is 6.74. The molecule has 0 aromatic carbocycles. The van der Waals surface area contributed by atoms with E-state index in [4.69, 9.17) is 9.69 Å². The van der Waals surface area contributed by atoms with Crippen LogP contribution in [0.25, 0.3) is 0 Å². The molecule has 0 bridgehead atoms. The van der Waals surface area contributed by atoms with Crippen LogP contribution < -0.4 is 5.32 Å². The monoisotopic (exact) mass is 318 g/mol. The Balaban J connectivity index is 2.50. The highest BCUT2D eigenvalue weighted by Gasteiger charge is 2.41. The van der Waals surface area contributed by atoms with Crippen molar-refractivity contribution in [1.82, 2.24) is 5.32 Å². The van der Waals surface area contributed by atoms with Crippen LogP contribution in [0.5, 0.6) is 0 Å². The lowest BCUT2D eigenvalue weighted by atomic mass is 10.1. The Morgan fingerprint density at radius 1 is 1.38 bits per heavy atom. The molecule has 1 aliphatic rings. The fourth-order valence-corrected chi connectivity index (χ4v) is 3.07. The number of alkyl halides is 2. The first kappa shape index (κ1) is 18.5. The average molecular weight is 318 g/mol. The first-order valence-corrected chi connectivity index (χ1v) is 10.5. The molecule has 0 amide bonds. The van der Waals surface area contributed by atoms with Gasteiger partial charge in [-0.3, -0.25) is 0 Å². The van der Waals surface area contributed by atoms with Crippen LogP contribution >= 0.6 is 0 Å². The summed E-state index contributed by atoms with van der Waals surface area (Å²) < 4.78 is 30.9. The minimum absolute atomic E-state index is 0.0866. The van der Waals surface area contributed by atoms with E-state index in [0.717, 1.165) is 12.8 Å². The van der Waals surface area contributed by atoms with Gasteiger partial charge in [-0.05, 0) is 36.9 Å². The van der Waals surface area contributed by atoms with Crippen molar-refractivity contribution in [3.8, 4) is 6.07 Å². The quantitative estimate of drug-likeness (QED) is 0.693. The van der Waals surface area contributed by atoms with Gasteiger partial charge in [0.15, 0.2) is 8.32 Å². The molecule has 6 heteroatoms. The molecule has 122 valence electrons. The lowest BCUT2D eigenvalue weighted by molar-refractivity contribution is 0.131. The number of rotatable bonds is 8. The predicted molar refractivity (Wildman–Crippen MR) is 82.8 cm³/mol. The molecular formula is C15H28F2N2OSi. The van der Waals surface area contributed by atoms with Gasteiger partial charge in [-0.15, -0.1) is 0 Å². The summed E-state index contributed by atoms with van der Waals surface area (Å²) in [5.41, 5.74) is 0. The van der Waals surface area contributed by atoms with Gasteiger partial charge >= 0.3 is 0 Å². The summed E-state index contributed by atoms with van der Waals surface area (Å²) in [7, 11) is -1.87. The molecule has 0 spiro atoms. The van der Waals surface area contributed by atoms with Crippen LogP contribution in [0.15, 0.2) is 0 Å². The number of hydrogen-bond donors (Lipinski definition) is 1. The first-order chi connectivity index (χ1) is 9.56. The zero-order valence-corrected chi connectivity index (χ0v) is 14.7. The molecule has 1 rings (SSSR count). The van der Waals surface area contributed by atoms with Gasteiger partial charge in [-0.25, -0.2) is 8.78 Å². The Labute approximate surface area is 128 Å². The lowest BCUT2D eigenvalue weighted by Crippen LogP contribution is -2.46. The summed E-state index contributed by atoms with van der Waals surface area (Å²) in [5.74, 6) is 0.446. The molecule has 0 aromatic rings. The van der Waals surface area contributed by atoms with Crippen molar-refractivity contribution < 1.29 is 13.2 Å². The van der Waals surface area contributed by atoms with E-state index in [1.807, 2.05) is 0 Å². The molecule has 0 saturated heterocycles. The second-order valence-electron chi connectivity index (χ2n) is 7.53. The third-order valence-corrected chi connectivity index (χ3v) is 9.19. The number of nitrogens with zero attached hydrogens (tertiary/aromatic N) is 1. The lowest BCUT2D eigenvalue weighted by Gasteiger charge is -2.37. The average Bonchev–Trinajstić information content (AvgIpc) is 3.09. The summed E-state index contributed by atoms with van der Waals surface area (Å²) in [6.07, 6.45) is -0.713. The molecule has 1 N–H and O–H groups in total. The van der Waals surface area contributed by atoms with E-state index in [9.17, 15) is 8.78 Å². The third-order valence-electron chi connectivity index (χ3n) is 4.69. The summed E-state index contributed by atoms with van der Waals surface area (Å²) in [4.78, 5) is 0. The summed E-state index contributed by atoms with van der Waals surface area (Å²) >= 11 is 0. The smallest absolute Gasteiger partial charge is 0.250 e. The predicted octanol–water partition coefficient (Wildman–Crippen LogP) is 3.78. The Hall–Kier alpha value is -0.513. The Bertz CT molecular complexity index is 377. The van der Waals surface area contributed by atoms with Gasteiger partial charge in [-0.2, -0.15) is 5.26 Å². The SMILES string of the molecule is CC(C)(C)[Si](C)(C)OCC(CC1CC1C#N)NCC(F)F. The van der Waals surface area contributed by atoms with Crippen LogP contribution in [0.2, 0.25) is 18.1 Å². The van der Waals surface area contributed by atoms with E-state index < -0.39 is 14.7 Å². The molecule has 0 radical (unpaired) electrons. The van der Waals surface area contributed by atoms with Gasteiger partial charge in [0.2, 0.25) is 0 Å². The first-order valence-electron chi connectivity index (χ1n) is 7.62. The summed E-state index contributed by atoms with van der Waals surface area (Å²) in [6.45, 7) is 10.9. The second kappa shape index (κ2) is 7.17. The normalized spacial score (nSPS) is 24.0. The molecule has 1 fully saturated rings. The van der Waals surface area contributed by atoms with Gasteiger partial charge in [-0.1, -0.05) is 20.8 Å². The molecule has 1 saturated carbocycles. The van der Waals surface area contributed by atoms with Crippen LogP contribution in [0.1, 0.15) is 33.6 Å². The number of hydrogen-bond acceptors (Lipinski definition) is 3. The second-order valence-corrected chi connectivity index (χ2v) is 12.3. The molecule has 0 heterocycles. The van der Waals surface area contributed by atoms with E-state index >= 15 is 0 Å². The van der Waals surface area contributed by atoms with Gasteiger partial charge in [0.25, 0.3) is 6.43 Å². The minimum Gasteiger partial charge on any atom is -0.415 e. The highest BCUT2D eigenvalue weighted by atomic mass is 28.4. The van der Waals surface area contributed by atoms with Gasteiger partial charge < -0.3 is 9.74 Å².